The minimum atomic E-state index is -0.284. The van der Waals surface area contributed by atoms with Crippen LogP contribution in [-0.2, 0) is 4.79 Å². The zero-order valence-electron chi connectivity index (χ0n) is 15.4. The van der Waals surface area contributed by atoms with E-state index in [-0.39, 0.29) is 11.2 Å². The molecule has 0 radical (unpaired) electrons. The Kier molecular flexibility index (Phi) is 6.48. The molecule has 26 heavy (non-hydrogen) atoms. The second-order valence-electron chi connectivity index (χ2n) is 6.43. The molecular formula is C18H24N4O2S2. The van der Waals surface area contributed by atoms with Crippen LogP contribution in [0, 0.1) is 13.8 Å². The summed E-state index contributed by atoms with van der Waals surface area (Å²) in [7, 11) is 0. The van der Waals surface area contributed by atoms with Crippen LogP contribution in [0.1, 0.15) is 49.7 Å². The largest absolute Gasteiger partial charge is 0.410 e. The molecule has 0 aromatic carbocycles. The van der Waals surface area contributed by atoms with Gasteiger partial charge in [0, 0.05) is 6.54 Å². The van der Waals surface area contributed by atoms with E-state index in [9.17, 15) is 4.79 Å². The van der Waals surface area contributed by atoms with E-state index in [1.807, 2.05) is 20.8 Å². The SMILES string of the molecule is Cc1nc(C)c(-c2nnc(SC(C)C(=O)NCCC3=CCCCC3)o2)s1. The quantitative estimate of drug-likeness (QED) is 0.559. The van der Waals surface area contributed by atoms with Gasteiger partial charge in [0.15, 0.2) is 0 Å². The Morgan fingerprint density at radius 2 is 2.23 bits per heavy atom. The smallest absolute Gasteiger partial charge is 0.277 e. The third-order valence-electron chi connectivity index (χ3n) is 4.28. The zero-order chi connectivity index (χ0) is 18.5. The number of amides is 1. The Bertz CT molecular complexity index is 797. The van der Waals surface area contributed by atoms with Gasteiger partial charge in [0.2, 0.25) is 5.91 Å². The monoisotopic (exact) mass is 392 g/mol. The zero-order valence-corrected chi connectivity index (χ0v) is 17.0. The van der Waals surface area contributed by atoms with Crippen molar-refractivity contribution < 1.29 is 9.21 Å². The Hall–Kier alpha value is -1.67. The molecule has 1 aliphatic rings. The number of carbonyl (C=O) groups excluding carboxylic acids is 1. The summed E-state index contributed by atoms with van der Waals surface area (Å²) < 4.78 is 5.71. The van der Waals surface area contributed by atoms with E-state index in [1.165, 1.54) is 54.4 Å². The summed E-state index contributed by atoms with van der Waals surface area (Å²) >= 11 is 2.81. The minimum absolute atomic E-state index is 0.00373. The van der Waals surface area contributed by atoms with Crippen molar-refractivity contribution in [3.05, 3.63) is 22.4 Å². The average Bonchev–Trinajstić information content (AvgIpc) is 3.21. The number of rotatable bonds is 7. The average molecular weight is 393 g/mol. The van der Waals surface area contributed by atoms with Crippen LogP contribution in [0.5, 0.6) is 0 Å². The molecule has 1 aliphatic carbocycles. The van der Waals surface area contributed by atoms with Gasteiger partial charge in [0.25, 0.3) is 11.1 Å². The molecule has 0 fully saturated rings. The van der Waals surface area contributed by atoms with E-state index in [4.69, 9.17) is 4.42 Å². The summed E-state index contributed by atoms with van der Waals surface area (Å²) in [5.74, 6) is 0.461. The molecule has 0 bridgehead atoms. The van der Waals surface area contributed by atoms with E-state index in [1.54, 1.807) is 0 Å². The maximum absolute atomic E-state index is 12.3. The van der Waals surface area contributed by atoms with Crippen LogP contribution in [0.3, 0.4) is 0 Å². The predicted molar refractivity (Wildman–Crippen MR) is 104 cm³/mol. The molecule has 0 saturated heterocycles. The van der Waals surface area contributed by atoms with Gasteiger partial charge >= 0.3 is 0 Å². The maximum Gasteiger partial charge on any atom is 0.277 e. The van der Waals surface area contributed by atoms with E-state index >= 15 is 0 Å². The van der Waals surface area contributed by atoms with Crippen LogP contribution in [0.4, 0.5) is 0 Å². The Labute approximate surface area is 161 Å². The Morgan fingerprint density at radius 3 is 2.92 bits per heavy atom. The third-order valence-corrected chi connectivity index (χ3v) is 6.28. The van der Waals surface area contributed by atoms with Gasteiger partial charge in [-0.1, -0.05) is 23.4 Å². The molecule has 1 amide bonds. The molecule has 0 spiro atoms. The molecule has 3 rings (SSSR count). The van der Waals surface area contributed by atoms with Crippen molar-refractivity contribution in [1.82, 2.24) is 20.5 Å². The van der Waals surface area contributed by atoms with Crippen molar-refractivity contribution in [2.45, 2.75) is 63.3 Å². The van der Waals surface area contributed by atoms with E-state index < -0.39 is 0 Å². The van der Waals surface area contributed by atoms with Crippen LogP contribution < -0.4 is 5.32 Å². The van der Waals surface area contributed by atoms with Crippen molar-refractivity contribution in [2.24, 2.45) is 0 Å². The molecule has 140 valence electrons. The third kappa shape index (κ3) is 4.94. The van der Waals surface area contributed by atoms with Gasteiger partial charge in [-0.25, -0.2) is 4.98 Å². The van der Waals surface area contributed by atoms with Gasteiger partial charge in [0.05, 0.1) is 16.0 Å². The fourth-order valence-electron chi connectivity index (χ4n) is 2.91. The number of thiazole rings is 1. The van der Waals surface area contributed by atoms with Crippen LogP contribution in [0.15, 0.2) is 21.3 Å². The summed E-state index contributed by atoms with van der Waals surface area (Å²) in [6, 6.07) is 0. The van der Waals surface area contributed by atoms with Gasteiger partial charge < -0.3 is 9.73 Å². The molecule has 1 atom stereocenters. The lowest BCUT2D eigenvalue weighted by atomic mass is 9.97. The Morgan fingerprint density at radius 1 is 1.38 bits per heavy atom. The number of nitrogens with zero attached hydrogens (tertiary/aromatic N) is 3. The number of aryl methyl sites for hydroxylation is 2. The number of nitrogens with one attached hydrogen (secondary N) is 1. The first kappa shape index (κ1) is 19.1. The molecule has 1 N–H and O–H groups in total. The van der Waals surface area contributed by atoms with E-state index in [0.717, 1.165) is 22.0 Å². The number of allylic oxidation sites excluding steroid dienone is 1. The fourth-order valence-corrected chi connectivity index (χ4v) is 4.45. The highest BCUT2D eigenvalue weighted by molar-refractivity contribution is 8.00. The maximum atomic E-state index is 12.3. The molecule has 2 aromatic rings. The summed E-state index contributed by atoms with van der Waals surface area (Å²) in [6.07, 6.45) is 8.16. The number of aromatic nitrogens is 3. The summed E-state index contributed by atoms with van der Waals surface area (Å²) in [4.78, 5) is 17.5. The summed E-state index contributed by atoms with van der Waals surface area (Å²) in [5, 5.41) is 12.2. The van der Waals surface area contributed by atoms with E-state index in [2.05, 4.69) is 26.6 Å². The van der Waals surface area contributed by atoms with Crippen LogP contribution in [-0.4, -0.2) is 32.9 Å². The second-order valence-corrected chi connectivity index (χ2v) is 8.93. The predicted octanol–water partition coefficient (Wildman–Crippen LogP) is 4.30. The van der Waals surface area contributed by atoms with Gasteiger partial charge in [0.1, 0.15) is 4.88 Å². The van der Waals surface area contributed by atoms with Crippen LogP contribution >= 0.6 is 23.1 Å². The lowest BCUT2D eigenvalue weighted by molar-refractivity contribution is -0.120. The molecular weight excluding hydrogens is 368 g/mol. The van der Waals surface area contributed by atoms with Gasteiger partial charge in [-0.15, -0.1) is 21.5 Å². The normalized spacial score (nSPS) is 15.6. The second kappa shape index (κ2) is 8.81. The highest BCUT2D eigenvalue weighted by Gasteiger charge is 2.20. The summed E-state index contributed by atoms with van der Waals surface area (Å²) in [5.41, 5.74) is 2.35. The van der Waals surface area contributed by atoms with Crippen molar-refractivity contribution >= 4 is 29.0 Å². The number of thioether (sulfide) groups is 1. The lowest BCUT2D eigenvalue weighted by Crippen LogP contribution is -2.31. The van der Waals surface area contributed by atoms with Gasteiger partial charge in [-0.3, -0.25) is 4.79 Å². The van der Waals surface area contributed by atoms with Crippen molar-refractivity contribution in [3.63, 3.8) is 0 Å². The first-order valence-electron chi connectivity index (χ1n) is 8.93. The van der Waals surface area contributed by atoms with Gasteiger partial charge in [-0.2, -0.15) is 0 Å². The van der Waals surface area contributed by atoms with Crippen molar-refractivity contribution in [3.8, 4) is 10.8 Å². The van der Waals surface area contributed by atoms with E-state index in [0.29, 0.717) is 17.7 Å². The molecule has 0 aliphatic heterocycles. The number of hydrogen-bond donors (Lipinski definition) is 1. The molecule has 0 saturated carbocycles. The molecule has 8 heteroatoms. The van der Waals surface area contributed by atoms with Crippen LogP contribution in [0.25, 0.3) is 10.8 Å². The molecule has 6 nitrogen and oxygen atoms in total. The van der Waals surface area contributed by atoms with Gasteiger partial charge in [-0.05, 0) is 52.9 Å². The fraction of sp³-hybridized carbons (Fsp3) is 0.556. The summed E-state index contributed by atoms with van der Waals surface area (Å²) in [6.45, 7) is 6.41. The topological polar surface area (TPSA) is 80.9 Å². The lowest BCUT2D eigenvalue weighted by Gasteiger charge is -2.14. The molecule has 2 heterocycles. The number of carbonyl (C=O) groups is 1. The highest BCUT2D eigenvalue weighted by Crippen LogP contribution is 2.31. The van der Waals surface area contributed by atoms with Crippen molar-refractivity contribution in [2.75, 3.05) is 6.54 Å². The highest BCUT2D eigenvalue weighted by atomic mass is 32.2. The number of hydrogen-bond acceptors (Lipinski definition) is 7. The molecule has 2 aromatic heterocycles. The van der Waals surface area contributed by atoms with Crippen molar-refractivity contribution in [1.29, 1.82) is 0 Å². The van der Waals surface area contributed by atoms with Crippen LogP contribution in [0.2, 0.25) is 0 Å². The Balaban J connectivity index is 1.49. The minimum Gasteiger partial charge on any atom is -0.410 e. The first-order chi connectivity index (χ1) is 12.5. The first-order valence-corrected chi connectivity index (χ1v) is 10.6. The molecule has 1 unspecified atom stereocenters. The standard InChI is InChI=1S/C18H24N4O2S2/c1-11-15(26-13(3)20-11)17-21-22-18(24-17)25-12(2)16(23)19-10-9-14-7-5-4-6-8-14/h7,12H,4-6,8-10H2,1-3H3,(H,19,23).